The summed E-state index contributed by atoms with van der Waals surface area (Å²) in [5, 5.41) is 5.54. The van der Waals surface area contributed by atoms with Crippen molar-refractivity contribution < 1.29 is 19.1 Å². The number of benzene rings is 1. The van der Waals surface area contributed by atoms with E-state index in [1.807, 2.05) is 31.2 Å². The molecule has 1 atom stereocenters. The zero-order valence-electron chi connectivity index (χ0n) is 16.0. The van der Waals surface area contributed by atoms with Crippen LogP contribution in [-0.2, 0) is 9.53 Å². The Labute approximate surface area is 160 Å². The fourth-order valence-corrected chi connectivity index (χ4v) is 3.71. The van der Waals surface area contributed by atoms with Crippen molar-refractivity contribution in [3.8, 4) is 5.75 Å². The molecule has 146 valence electrons. The molecule has 1 aliphatic carbocycles. The maximum atomic E-state index is 13.0. The van der Waals surface area contributed by atoms with Crippen molar-refractivity contribution in [3.63, 3.8) is 0 Å². The van der Waals surface area contributed by atoms with E-state index in [1.54, 1.807) is 6.92 Å². The quantitative estimate of drug-likeness (QED) is 0.605. The molecule has 6 nitrogen and oxygen atoms in total. The number of urea groups is 1. The van der Waals surface area contributed by atoms with Crippen LogP contribution in [0.3, 0.4) is 0 Å². The molecule has 0 aromatic heterocycles. The summed E-state index contributed by atoms with van der Waals surface area (Å²) in [5.74, 6) is 0.399. The number of allylic oxidation sites excluding steroid dienone is 1. The number of amides is 2. The molecule has 1 aromatic rings. The number of carbonyl (C=O) groups excluding carboxylic acids is 2. The van der Waals surface area contributed by atoms with Gasteiger partial charge < -0.3 is 20.1 Å². The third-order valence-electron chi connectivity index (χ3n) is 5.09. The molecule has 3 rings (SSSR count). The molecule has 1 heterocycles. The van der Waals surface area contributed by atoms with Gasteiger partial charge in [-0.1, -0.05) is 25.0 Å². The standard InChI is InChI=1S/C21H28N2O4/c1-3-26-16-12-10-15(11-13-16)19-18(14(2)22-21(25)23-19)20(24)27-17-8-6-4-5-7-9-17/h10-13,17,19H,3-9H2,1-2H3,(H2,22,23,25)/t19-/m0/s1. The molecule has 6 heteroatoms. The minimum Gasteiger partial charge on any atom is -0.494 e. The van der Waals surface area contributed by atoms with E-state index in [-0.39, 0.29) is 18.1 Å². The Kier molecular flexibility index (Phi) is 6.37. The summed E-state index contributed by atoms with van der Waals surface area (Å²) in [6.45, 7) is 4.25. The van der Waals surface area contributed by atoms with E-state index in [0.717, 1.165) is 37.0 Å². The highest BCUT2D eigenvalue weighted by atomic mass is 16.5. The third-order valence-corrected chi connectivity index (χ3v) is 5.09. The van der Waals surface area contributed by atoms with Crippen LogP contribution in [0.5, 0.6) is 5.75 Å². The largest absolute Gasteiger partial charge is 0.494 e. The maximum absolute atomic E-state index is 13.0. The van der Waals surface area contributed by atoms with Crippen molar-refractivity contribution in [2.45, 2.75) is 64.5 Å². The van der Waals surface area contributed by atoms with E-state index in [9.17, 15) is 9.59 Å². The van der Waals surface area contributed by atoms with E-state index in [0.29, 0.717) is 17.9 Å². The Bertz CT molecular complexity index is 703. The molecule has 27 heavy (non-hydrogen) atoms. The van der Waals surface area contributed by atoms with Gasteiger partial charge in [-0.15, -0.1) is 0 Å². The van der Waals surface area contributed by atoms with E-state index in [2.05, 4.69) is 10.6 Å². The molecule has 2 N–H and O–H groups in total. The summed E-state index contributed by atoms with van der Waals surface area (Å²) in [6.07, 6.45) is 6.35. The van der Waals surface area contributed by atoms with E-state index < -0.39 is 6.04 Å². The highest BCUT2D eigenvalue weighted by molar-refractivity contribution is 5.95. The number of ether oxygens (including phenoxy) is 2. The van der Waals surface area contributed by atoms with Gasteiger partial charge in [-0.3, -0.25) is 0 Å². The fourth-order valence-electron chi connectivity index (χ4n) is 3.71. The van der Waals surface area contributed by atoms with Crippen LogP contribution < -0.4 is 15.4 Å². The molecule has 2 amide bonds. The van der Waals surface area contributed by atoms with Gasteiger partial charge >= 0.3 is 12.0 Å². The fraction of sp³-hybridized carbons (Fsp3) is 0.524. The summed E-state index contributed by atoms with van der Waals surface area (Å²) in [4.78, 5) is 24.9. The lowest BCUT2D eigenvalue weighted by Crippen LogP contribution is -2.45. The summed E-state index contributed by atoms with van der Waals surface area (Å²) in [5.41, 5.74) is 1.82. The minimum absolute atomic E-state index is 0.0427. The van der Waals surface area contributed by atoms with Gasteiger partial charge in [0.2, 0.25) is 0 Å². The van der Waals surface area contributed by atoms with Crippen LogP contribution in [0.2, 0.25) is 0 Å². The van der Waals surface area contributed by atoms with Gasteiger partial charge in [-0.25, -0.2) is 9.59 Å². The van der Waals surface area contributed by atoms with E-state index in [1.165, 1.54) is 12.8 Å². The van der Waals surface area contributed by atoms with Crippen molar-refractivity contribution in [1.29, 1.82) is 0 Å². The van der Waals surface area contributed by atoms with Gasteiger partial charge in [-0.05, 0) is 57.2 Å². The second kappa shape index (κ2) is 8.93. The van der Waals surface area contributed by atoms with Crippen LogP contribution in [0.4, 0.5) is 4.79 Å². The van der Waals surface area contributed by atoms with Crippen LogP contribution in [0.1, 0.15) is 64.0 Å². The predicted molar refractivity (Wildman–Crippen MR) is 102 cm³/mol. The van der Waals surface area contributed by atoms with Gasteiger partial charge in [0, 0.05) is 5.70 Å². The zero-order chi connectivity index (χ0) is 19.2. The van der Waals surface area contributed by atoms with Crippen LogP contribution in [0, 0.1) is 0 Å². The Morgan fingerprint density at radius 2 is 1.78 bits per heavy atom. The number of hydrogen-bond acceptors (Lipinski definition) is 4. The second-order valence-corrected chi connectivity index (χ2v) is 7.09. The molecule has 0 unspecified atom stereocenters. The first-order chi connectivity index (χ1) is 13.1. The minimum atomic E-state index is -0.535. The Morgan fingerprint density at radius 3 is 2.41 bits per heavy atom. The van der Waals surface area contributed by atoms with E-state index in [4.69, 9.17) is 9.47 Å². The molecular formula is C21H28N2O4. The normalized spacial score (nSPS) is 21.1. The Balaban J connectivity index is 1.81. The van der Waals surface area contributed by atoms with Crippen molar-refractivity contribution in [3.05, 3.63) is 41.1 Å². The summed E-state index contributed by atoms with van der Waals surface area (Å²) in [6, 6.07) is 6.57. The first-order valence-corrected chi connectivity index (χ1v) is 9.80. The lowest BCUT2D eigenvalue weighted by Gasteiger charge is -2.29. The predicted octanol–water partition coefficient (Wildman–Crippen LogP) is 3.98. The smallest absolute Gasteiger partial charge is 0.338 e. The summed E-state index contributed by atoms with van der Waals surface area (Å²) < 4.78 is 11.3. The molecule has 0 spiro atoms. The molecule has 1 aromatic carbocycles. The first-order valence-electron chi connectivity index (χ1n) is 9.80. The van der Waals surface area contributed by atoms with Gasteiger partial charge in [0.25, 0.3) is 0 Å². The monoisotopic (exact) mass is 372 g/mol. The van der Waals surface area contributed by atoms with Gasteiger partial charge in [0.15, 0.2) is 0 Å². The van der Waals surface area contributed by atoms with Crippen molar-refractivity contribution in [2.75, 3.05) is 6.61 Å². The number of esters is 1. The maximum Gasteiger partial charge on any atom is 0.338 e. The van der Waals surface area contributed by atoms with Gasteiger partial charge in [-0.2, -0.15) is 0 Å². The van der Waals surface area contributed by atoms with Gasteiger partial charge in [0.1, 0.15) is 11.9 Å². The topological polar surface area (TPSA) is 76.7 Å². The number of hydrogen-bond donors (Lipinski definition) is 2. The molecule has 0 bridgehead atoms. The van der Waals surface area contributed by atoms with Crippen LogP contribution in [-0.4, -0.2) is 24.7 Å². The molecular weight excluding hydrogens is 344 g/mol. The lowest BCUT2D eigenvalue weighted by atomic mass is 9.95. The highest BCUT2D eigenvalue weighted by Gasteiger charge is 2.33. The lowest BCUT2D eigenvalue weighted by molar-refractivity contribution is -0.145. The van der Waals surface area contributed by atoms with Crippen molar-refractivity contribution in [1.82, 2.24) is 10.6 Å². The average Bonchev–Trinajstić information content (AvgIpc) is 2.90. The van der Waals surface area contributed by atoms with E-state index >= 15 is 0 Å². The Hall–Kier alpha value is -2.50. The number of carbonyl (C=O) groups is 2. The molecule has 1 aliphatic heterocycles. The molecule has 1 fully saturated rings. The van der Waals surface area contributed by atoms with Gasteiger partial charge in [0.05, 0.1) is 18.2 Å². The molecule has 0 saturated heterocycles. The van der Waals surface area contributed by atoms with Crippen molar-refractivity contribution in [2.24, 2.45) is 0 Å². The highest BCUT2D eigenvalue weighted by Crippen LogP contribution is 2.30. The SMILES string of the molecule is CCOc1ccc([C@@H]2NC(=O)NC(C)=C2C(=O)OC2CCCCCC2)cc1. The van der Waals surface area contributed by atoms with Crippen molar-refractivity contribution >= 4 is 12.0 Å². The van der Waals surface area contributed by atoms with Crippen LogP contribution in [0.15, 0.2) is 35.5 Å². The molecule has 0 radical (unpaired) electrons. The average molecular weight is 372 g/mol. The van der Waals surface area contributed by atoms with Crippen LogP contribution >= 0.6 is 0 Å². The first kappa shape index (κ1) is 19.3. The second-order valence-electron chi connectivity index (χ2n) is 7.09. The third kappa shape index (κ3) is 4.81. The molecule has 2 aliphatic rings. The number of rotatable bonds is 5. The summed E-state index contributed by atoms with van der Waals surface area (Å²) >= 11 is 0. The molecule has 1 saturated carbocycles. The van der Waals surface area contributed by atoms with Crippen LogP contribution in [0.25, 0.3) is 0 Å². The zero-order valence-corrected chi connectivity index (χ0v) is 16.0. The number of nitrogens with one attached hydrogen (secondary N) is 2. The Morgan fingerprint density at radius 1 is 1.11 bits per heavy atom. The summed E-state index contributed by atoms with van der Waals surface area (Å²) in [7, 11) is 0.